The molecule has 3 saturated heterocycles. The minimum absolute atomic E-state index is 0.00228. The highest BCUT2D eigenvalue weighted by Gasteiger charge is 2.76. The van der Waals surface area contributed by atoms with Crippen LogP contribution in [0.15, 0.2) is 55.6 Å². The fraction of sp³-hybridized carbons (Fsp3) is 0.629. The number of aliphatic hydroxyl groups excluding tert-OH is 1. The Labute approximate surface area is 262 Å². The molecule has 0 saturated carbocycles. The van der Waals surface area contributed by atoms with Crippen molar-refractivity contribution in [2.24, 2.45) is 17.8 Å². The van der Waals surface area contributed by atoms with E-state index in [9.17, 15) is 19.5 Å². The van der Waals surface area contributed by atoms with Crippen LogP contribution in [0.3, 0.4) is 0 Å². The van der Waals surface area contributed by atoms with E-state index in [2.05, 4.69) is 33.9 Å². The van der Waals surface area contributed by atoms with E-state index in [-0.39, 0.29) is 41.5 Å². The smallest absolute Gasteiger partial charge is 0.247 e. The molecule has 7 atom stereocenters. The van der Waals surface area contributed by atoms with Gasteiger partial charge >= 0.3 is 0 Å². The van der Waals surface area contributed by atoms with Crippen molar-refractivity contribution in [2.45, 2.75) is 94.3 Å². The summed E-state index contributed by atoms with van der Waals surface area (Å²) in [5.74, 6) is -0.921. The van der Waals surface area contributed by atoms with Gasteiger partial charge < -0.3 is 19.8 Å². The highest BCUT2D eigenvalue weighted by Crippen LogP contribution is 2.69. The number of hydrogen-bond acceptors (Lipinski definition) is 5. The number of hydrogen-bond donors (Lipinski definition) is 1. The Kier molecular flexibility index (Phi) is 11.6. The lowest BCUT2D eigenvalue weighted by atomic mass is 9.65. The number of carbonyl (C=O) groups excluding carboxylic acids is 3. The zero-order valence-corrected chi connectivity index (χ0v) is 27.1. The van der Waals surface area contributed by atoms with Crippen molar-refractivity contribution in [3.05, 3.63) is 61.2 Å². The first-order valence-corrected chi connectivity index (χ1v) is 17.1. The number of amides is 3. The van der Waals surface area contributed by atoms with Crippen LogP contribution in [0.25, 0.3) is 0 Å². The molecule has 0 aromatic heterocycles. The summed E-state index contributed by atoms with van der Waals surface area (Å²) < 4.78 is -0.637. The van der Waals surface area contributed by atoms with Crippen molar-refractivity contribution in [3.63, 3.8) is 0 Å². The van der Waals surface area contributed by atoms with Crippen molar-refractivity contribution in [1.82, 2.24) is 14.7 Å². The summed E-state index contributed by atoms with van der Waals surface area (Å²) >= 11 is 1.75. The quantitative estimate of drug-likeness (QED) is 0.192. The average Bonchev–Trinajstić information content (AvgIpc) is 3.59. The summed E-state index contributed by atoms with van der Waals surface area (Å²) in [5.41, 5.74) is 1.04. The minimum atomic E-state index is -0.637. The van der Waals surface area contributed by atoms with E-state index >= 15 is 0 Å². The van der Waals surface area contributed by atoms with Gasteiger partial charge in [0.1, 0.15) is 6.04 Å². The molecule has 2 bridgehead atoms. The molecule has 8 heteroatoms. The van der Waals surface area contributed by atoms with E-state index in [1.54, 1.807) is 23.9 Å². The molecule has 1 aromatic rings. The van der Waals surface area contributed by atoms with Gasteiger partial charge in [0.2, 0.25) is 17.7 Å². The van der Waals surface area contributed by atoms with Crippen LogP contribution in [0.1, 0.15) is 71.3 Å². The molecule has 1 aromatic carbocycles. The summed E-state index contributed by atoms with van der Waals surface area (Å²) in [4.78, 5) is 49.3. The SMILES string of the molecule is C=CCN(Cc1ccccc1)C(=O)[C@@H]1[C@@H]2CC(C)C3(S2)C(C(=O)N(CC=C)C(C)CCC)N(CCCCCCO)C(=O)[C@H]13. The van der Waals surface area contributed by atoms with Gasteiger partial charge in [0.15, 0.2) is 0 Å². The molecule has 3 amide bonds. The van der Waals surface area contributed by atoms with Crippen molar-refractivity contribution in [3.8, 4) is 0 Å². The second-order valence-corrected chi connectivity index (χ2v) is 14.2. The third-order valence-corrected chi connectivity index (χ3v) is 11.9. The molecule has 1 spiro atoms. The van der Waals surface area contributed by atoms with E-state index in [1.807, 2.05) is 45.0 Å². The van der Waals surface area contributed by atoms with Gasteiger partial charge in [-0.3, -0.25) is 14.4 Å². The molecule has 3 heterocycles. The highest BCUT2D eigenvalue weighted by atomic mass is 32.2. The van der Waals surface area contributed by atoms with Gasteiger partial charge in [-0.25, -0.2) is 0 Å². The van der Waals surface area contributed by atoms with Crippen molar-refractivity contribution in [1.29, 1.82) is 0 Å². The summed E-state index contributed by atoms with van der Waals surface area (Å²) in [7, 11) is 0. The van der Waals surface area contributed by atoms with Crippen LogP contribution in [0.4, 0.5) is 0 Å². The molecule has 0 radical (unpaired) electrons. The molecule has 4 rings (SSSR count). The Hall–Kier alpha value is -2.58. The molecule has 4 unspecified atom stereocenters. The van der Waals surface area contributed by atoms with E-state index in [1.165, 1.54) is 0 Å². The van der Waals surface area contributed by atoms with Gasteiger partial charge in [-0.15, -0.1) is 24.9 Å². The number of likely N-dealkylation sites (tertiary alicyclic amines) is 1. The van der Waals surface area contributed by atoms with Crippen molar-refractivity contribution < 1.29 is 19.5 Å². The Morgan fingerprint density at radius 2 is 1.81 bits per heavy atom. The predicted molar refractivity (Wildman–Crippen MR) is 174 cm³/mol. The number of carbonyl (C=O) groups is 3. The molecule has 0 aliphatic carbocycles. The van der Waals surface area contributed by atoms with Crippen LogP contribution >= 0.6 is 11.8 Å². The van der Waals surface area contributed by atoms with Crippen LogP contribution < -0.4 is 0 Å². The number of aliphatic hydroxyl groups is 1. The number of rotatable bonds is 17. The highest BCUT2D eigenvalue weighted by molar-refractivity contribution is 8.02. The molecular formula is C35H51N3O4S. The molecule has 3 aliphatic heterocycles. The van der Waals surface area contributed by atoms with Crippen LogP contribution in [0.2, 0.25) is 0 Å². The molecular weight excluding hydrogens is 558 g/mol. The Morgan fingerprint density at radius 3 is 2.47 bits per heavy atom. The van der Waals surface area contributed by atoms with Gasteiger partial charge in [0.05, 0.1) is 16.6 Å². The van der Waals surface area contributed by atoms with Crippen LogP contribution in [0, 0.1) is 17.8 Å². The second-order valence-electron chi connectivity index (χ2n) is 12.6. The summed E-state index contributed by atoms with van der Waals surface area (Å²) in [6.07, 6.45) is 9.44. The molecule has 3 fully saturated rings. The number of nitrogens with zero attached hydrogens (tertiary/aromatic N) is 3. The fourth-order valence-electron chi connectivity index (χ4n) is 7.83. The number of thioether (sulfide) groups is 1. The van der Waals surface area contributed by atoms with E-state index < -0.39 is 22.6 Å². The summed E-state index contributed by atoms with van der Waals surface area (Å²) in [5, 5.41) is 9.24. The van der Waals surface area contributed by atoms with Gasteiger partial charge in [0, 0.05) is 44.1 Å². The van der Waals surface area contributed by atoms with Gasteiger partial charge in [-0.1, -0.05) is 75.6 Å². The van der Waals surface area contributed by atoms with Crippen LogP contribution in [-0.4, -0.2) is 85.8 Å². The first-order valence-electron chi connectivity index (χ1n) is 16.2. The zero-order chi connectivity index (χ0) is 31.1. The topological polar surface area (TPSA) is 81.2 Å². The third kappa shape index (κ3) is 6.46. The lowest BCUT2D eigenvalue weighted by Crippen LogP contribution is -2.58. The summed E-state index contributed by atoms with van der Waals surface area (Å²) in [6, 6.07) is 9.36. The fourth-order valence-corrected chi connectivity index (χ4v) is 10.2. The standard InChI is InChI=1S/C35H51N3O4S/c1-6-16-26(5)37(20-8-3)34(42)31-35-25(4)23-28(43-35)29(30(35)33(41)38(31)21-14-9-10-15-22-39)32(40)36(19-7-2)24-27-17-12-11-13-18-27/h7-8,11-13,17-18,25-26,28-31,39H,2-3,6,9-10,14-16,19-24H2,1,4-5H3/t25?,26?,28-,29+,30-,31?,35?/m0/s1. The minimum Gasteiger partial charge on any atom is -0.396 e. The number of fused-ring (bicyclic) bond motifs is 1. The summed E-state index contributed by atoms with van der Waals surface area (Å²) in [6.45, 7) is 16.2. The van der Waals surface area contributed by atoms with Gasteiger partial charge in [0.25, 0.3) is 0 Å². The largest absolute Gasteiger partial charge is 0.396 e. The first-order chi connectivity index (χ1) is 20.8. The Morgan fingerprint density at radius 1 is 1.12 bits per heavy atom. The van der Waals surface area contributed by atoms with Crippen molar-refractivity contribution in [2.75, 3.05) is 26.2 Å². The molecule has 3 aliphatic rings. The Balaban J connectivity index is 1.71. The van der Waals surface area contributed by atoms with Crippen LogP contribution in [-0.2, 0) is 20.9 Å². The molecule has 236 valence electrons. The normalized spacial score (nSPS) is 28.0. The van der Waals surface area contributed by atoms with E-state index in [4.69, 9.17) is 0 Å². The molecule has 7 nitrogen and oxygen atoms in total. The van der Waals surface area contributed by atoms with E-state index in [0.717, 1.165) is 50.5 Å². The lowest BCUT2D eigenvalue weighted by Gasteiger charge is -2.42. The Bertz CT molecular complexity index is 1150. The van der Waals surface area contributed by atoms with Gasteiger partial charge in [-0.2, -0.15) is 0 Å². The van der Waals surface area contributed by atoms with Crippen molar-refractivity contribution >= 4 is 29.5 Å². The monoisotopic (exact) mass is 609 g/mol. The number of unbranched alkanes of at least 4 members (excludes halogenated alkanes) is 3. The maximum Gasteiger partial charge on any atom is 0.247 e. The van der Waals surface area contributed by atoms with Crippen LogP contribution in [0.5, 0.6) is 0 Å². The lowest BCUT2D eigenvalue weighted by molar-refractivity contribution is -0.145. The maximum absolute atomic E-state index is 14.7. The predicted octanol–water partition coefficient (Wildman–Crippen LogP) is 5.29. The third-order valence-electron chi connectivity index (χ3n) is 9.80. The zero-order valence-electron chi connectivity index (χ0n) is 26.3. The number of benzene rings is 1. The molecule has 1 N–H and O–H groups in total. The second kappa shape index (κ2) is 14.9. The first kappa shape index (κ1) is 33.3. The van der Waals surface area contributed by atoms with E-state index in [0.29, 0.717) is 26.2 Å². The maximum atomic E-state index is 14.7. The van der Waals surface area contributed by atoms with Gasteiger partial charge in [-0.05, 0) is 44.1 Å². The average molecular weight is 610 g/mol. The molecule has 43 heavy (non-hydrogen) atoms.